The van der Waals surface area contributed by atoms with E-state index in [4.69, 9.17) is 5.11 Å². The van der Waals surface area contributed by atoms with E-state index in [1.54, 1.807) is 3.71 Å². The Morgan fingerprint density at radius 3 is 2.89 bits per heavy atom. The molecule has 1 aromatic heterocycles. The van der Waals surface area contributed by atoms with E-state index in [1.165, 1.54) is 5.56 Å². The van der Waals surface area contributed by atoms with Gasteiger partial charge in [-0.1, -0.05) is 19.9 Å². The predicted octanol–water partition coefficient (Wildman–Crippen LogP) is 3.33. The van der Waals surface area contributed by atoms with Crippen molar-refractivity contribution in [1.29, 1.82) is 0 Å². The first kappa shape index (κ1) is 13.1. The van der Waals surface area contributed by atoms with Gasteiger partial charge in [0.15, 0.2) is 0 Å². The van der Waals surface area contributed by atoms with Gasteiger partial charge in [-0.25, -0.2) is 0 Å². The van der Waals surface area contributed by atoms with Gasteiger partial charge in [0.2, 0.25) is 0 Å². The second-order valence-electron chi connectivity index (χ2n) is 4.45. The Balaban J connectivity index is 2.52. The van der Waals surface area contributed by atoms with Crippen molar-refractivity contribution in [3.05, 3.63) is 29.5 Å². The molecule has 2 rings (SSSR count). The van der Waals surface area contributed by atoms with E-state index in [0.717, 1.165) is 23.0 Å². The third-order valence-corrected chi connectivity index (χ3v) is 3.63. The molecule has 0 saturated carbocycles. The van der Waals surface area contributed by atoms with Crippen LogP contribution >= 0.6 is 16.1 Å². The van der Waals surface area contributed by atoms with Crippen molar-refractivity contribution in [1.82, 2.24) is 8.81 Å². The summed E-state index contributed by atoms with van der Waals surface area (Å²) < 4.78 is 1.63. The van der Waals surface area contributed by atoms with Gasteiger partial charge in [0.1, 0.15) is 0 Å². The fourth-order valence-electron chi connectivity index (χ4n) is 2.09. The minimum Gasteiger partial charge on any atom is -0.481 e. The Morgan fingerprint density at radius 1 is 1.56 bits per heavy atom. The summed E-state index contributed by atoms with van der Waals surface area (Å²) in [4.78, 5) is 10.8. The highest BCUT2D eigenvalue weighted by molar-refractivity contribution is 9.08. The van der Waals surface area contributed by atoms with Crippen LogP contribution in [0.4, 0.5) is 0 Å². The number of benzene rings is 1. The fraction of sp³-hybridized carbons (Fsp3) is 0.385. The molecular weight excluding hydrogens is 296 g/mol. The van der Waals surface area contributed by atoms with E-state index in [2.05, 4.69) is 40.3 Å². The van der Waals surface area contributed by atoms with Crippen molar-refractivity contribution < 1.29 is 9.90 Å². The number of aryl methyl sites for hydroxylation is 1. The summed E-state index contributed by atoms with van der Waals surface area (Å²) in [6, 6.07) is 6.16. The van der Waals surface area contributed by atoms with Gasteiger partial charge in [-0.3, -0.25) is 4.79 Å². The molecule has 5 heteroatoms. The van der Waals surface area contributed by atoms with Crippen LogP contribution in [-0.4, -0.2) is 19.9 Å². The summed E-state index contributed by atoms with van der Waals surface area (Å²) in [6.07, 6.45) is 1.05. The summed E-state index contributed by atoms with van der Waals surface area (Å²) in [5.74, 6) is -0.901. The monoisotopic (exact) mass is 310 g/mol. The Bertz CT molecular complexity index is 592. The molecule has 1 aromatic carbocycles. The molecule has 2 aromatic rings. The Hall–Kier alpha value is -1.36. The van der Waals surface area contributed by atoms with E-state index in [9.17, 15) is 4.79 Å². The molecule has 1 unspecified atom stereocenters. The zero-order chi connectivity index (χ0) is 13.3. The third kappa shape index (κ3) is 2.41. The molecule has 1 heterocycles. The number of hydrogen-bond donors (Lipinski definition) is 1. The Kier molecular flexibility index (Phi) is 3.71. The van der Waals surface area contributed by atoms with E-state index in [1.807, 2.05) is 13.0 Å². The standard InChI is InChI=1S/C13H15BrN2O2/c1-3-9-4-5-11-10(7-9)13(15-16(11)14)8(2)6-12(17)18/h4-5,7-8H,3,6H2,1-2H3,(H,17,18). The van der Waals surface area contributed by atoms with Gasteiger partial charge in [-0.05, 0) is 24.1 Å². The SMILES string of the molecule is CCc1ccc2c(c1)c(C(C)CC(=O)O)nn2Br. The van der Waals surface area contributed by atoms with Crippen molar-refractivity contribution in [3.8, 4) is 0 Å². The number of carboxylic acids is 1. The number of rotatable bonds is 4. The maximum atomic E-state index is 10.8. The van der Waals surface area contributed by atoms with Gasteiger partial charge in [-0.15, -0.1) is 0 Å². The molecule has 1 atom stereocenters. The lowest BCUT2D eigenvalue weighted by Gasteiger charge is -2.05. The van der Waals surface area contributed by atoms with E-state index >= 15 is 0 Å². The maximum Gasteiger partial charge on any atom is 0.304 e. The molecule has 0 aliphatic heterocycles. The predicted molar refractivity (Wildman–Crippen MR) is 74.1 cm³/mol. The molecule has 0 fully saturated rings. The summed E-state index contributed by atoms with van der Waals surface area (Å²) in [5, 5.41) is 14.3. The van der Waals surface area contributed by atoms with Crippen LogP contribution in [0.25, 0.3) is 10.9 Å². The topological polar surface area (TPSA) is 55.1 Å². The van der Waals surface area contributed by atoms with Gasteiger partial charge in [-0.2, -0.15) is 8.81 Å². The number of fused-ring (bicyclic) bond motifs is 1. The number of aromatic nitrogens is 2. The number of aliphatic carboxylic acids is 1. The first-order valence-corrected chi connectivity index (χ1v) is 6.63. The first-order chi connectivity index (χ1) is 8.52. The summed E-state index contributed by atoms with van der Waals surface area (Å²) in [7, 11) is 0. The van der Waals surface area contributed by atoms with Gasteiger partial charge in [0, 0.05) is 11.3 Å². The van der Waals surface area contributed by atoms with Crippen molar-refractivity contribution in [3.63, 3.8) is 0 Å². The molecule has 1 N–H and O–H groups in total. The van der Waals surface area contributed by atoms with Crippen molar-refractivity contribution in [2.45, 2.75) is 32.6 Å². The zero-order valence-electron chi connectivity index (χ0n) is 10.4. The summed E-state index contributed by atoms with van der Waals surface area (Å²) in [6.45, 7) is 3.99. The highest BCUT2D eigenvalue weighted by atomic mass is 79.9. The molecule has 0 radical (unpaired) electrons. The third-order valence-electron chi connectivity index (χ3n) is 3.09. The number of hydrogen-bond acceptors (Lipinski definition) is 2. The van der Waals surface area contributed by atoms with Gasteiger partial charge >= 0.3 is 5.97 Å². The van der Waals surface area contributed by atoms with E-state index < -0.39 is 5.97 Å². The van der Waals surface area contributed by atoms with Crippen molar-refractivity contribution >= 4 is 33.0 Å². The first-order valence-electron chi connectivity index (χ1n) is 5.92. The van der Waals surface area contributed by atoms with Crippen LogP contribution in [-0.2, 0) is 11.2 Å². The van der Waals surface area contributed by atoms with Crippen molar-refractivity contribution in [2.75, 3.05) is 0 Å². The average Bonchev–Trinajstić information content (AvgIpc) is 2.65. The van der Waals surface area contributed by atoms with Crippen LogP contribution in [0.15, 0.2) is 18.2 Å². The average molecular weight is 311 g/mol. The molecule has 0 amide bonds. The van der Waals surface area contributed by atoms with Gasteiger partial charge in [0.05, 0.1) is 33.8 Å². The van der Waals surface area contributed by atoms with E-state index in [-0.39, 0.29) is 12.3 Å². The molecule has 4 nitrogen and oxygen atoms in total. The van der Waals surface area contributed by atoms with E-state index in [0.29, 0.717) is 0 Å². The normalized spacial score (nSPS) is 12.8. The lowest BCUT2D eigenvalue weighted by molar-refractivity contribution is -0.137. The largest absolute Gasteiger partial charge is 0.481 e. The fourth-order valence-corrected chi connectivity index (χ4v) is 2.57. The van der Waals surface area contributed by atoms with Crippen LogP contribution in [0.2, 0.25) is 0 Å². The molecule has 0 aliphatic rings. The molecule has 0 bridgehead atoms. The zero-order valence-corrected chi connectivity index (χ0v) is 11.9. The Labute approximate surface area is 114 Å². The van der Waals surface area contributed by atoms with Crippen LogP contribution in [0.1, 0.15) is 37.4 Å². The molecule has 18 heavy (non-hydrogen) atoms. The molecule has 96 valence electrons. The quantitative estimate of drug-likeness (QED) is 0.942. The summed E-state index contributed by atoms with van der Waals surface area (Å²) in [5.41, 5.74) is 3.03. The maximum absolute atomic E-state index is 10.8. The van der Waals surface area contributed by atoms with Crippen LogP contribution in [0.5, 0.6) is 0 Å². The summed E-state index contributed by atoms with van der Waals surface area (Å²) >= 11 is 3.36. The molecular formula is C13H15BrN2O2. The van der Waals surface area contributed by atoms with Crippen LogP contribution < -0.4 is 0 Å². The lowest BCUT2D eigenvalue weighted by atomic mass is 9.99. The number of halogens is 1. The number of carbonyl (C=O) groups is 1. The second kappa shape index (κ2) is 5.10. The van der Waals surface area contributed by atoms with Crippen molar-refractivity contribution in [2.24, 2.45) is 0 Å². The minimum absolute atomic E-state index is 0.0927. The van der Waals surface area contributed by atoms with Gasteiger partial charge in [0.25, 0.3) is 0 Å². The minimum atomic E-state index is -0.800. The molecule has 0 aliphatic carbocycles. The number of nitrogens with zero attached hydrogens (tertiary/aromatic N) is 2. The highest BCUT2D eigenvalue weighted by Gasteiger charge is 2.18. The van der Waals surface area contributed by atoms with Crippen LogP contribution in [0, 0.1) is 0 Å². The van der Waals surface area contributed by atoms with Crippen LogP contribution in [0.3, 0.4) is 0 Å². The Morgan fingerprint density at radius 2 is 2.28 bits per heavy atom. The smallest absolute Gasteiger partial charge is 0.304 e. The second-order valence-corrected chi connectivity index (χ2v) is 5.12. The number of carboxylic acid groups (broad SMARTS) is 1. The van der Waals surface area contributed by atoms with Gasteiger partial charge < -0.3 is 5.11 Å². The molecule has 0 saturated heterocycles. The highest BCUT2D eigenvalue weighted by Crippen LogP contribution is 2.29. The molecule has 0 spiro atoms. The lowest BCUT2D eigenvalue weighted by Crippen LogP contribution is -2.03.